The first-order chi connectivity index (χ1) is 11.4. The quantitative estimate of drug-likeness (QED) is 0.835. The van der Waals surface area contributed by atoms with E-state index in [1.54, 1.807) is 7.11 Å². The average Bonchev–Trinajstić information content (AvgIpc) is 2.54. The zero-order valence-electron chi connectivity index (χ0n) is 15.4. The van der Waals surface area contributed by atoms with Crippen molar-refractivity contribution in [2.75, 3.05) is 7.11 Å². The Morgan fingerprint density at radius 3 is 2.62 bits per heavy atom. The van der Waals surface area contributed by atoms with Crippen LogP contribution in [0.4, 0.5) is 0 Å². The van der Waals surface area contributed by atoms with Crippen molar-refractivity contribution >= 4 is 11.5 Å². The lowest BCUT2D eigenvalue weighted by molar-refractivity contribution is -0.119. The second-order valence-electron chi connectivity index (χ2n) is 7.96. The molecule has 0 unspecified atom stereocenters. The molecule has 1 heterocycles. The van der Waals surface area contributed by atoms with E-state index in [0.29, 0.717) is 0 Å². The summed E-state index contributed by atoms with van der Waals surface area (Å²) in [5, 5.41) is 3.57. The highest BCUT2D eigenvalue weighted by atomic mass is 16.5. The van der Waals surface area contributed by atoms with Crippen LogP contribution in [0.5, 0.6) is 5.75 Å². The Kier molecular flexibility index (Phi) is 4.71. The monoisotopic (exact) mass is 327 g/mol. The molecule has 0 aromatic heterocycles. The number of nitrogens with one attached hydrogen (secondary N) is 1. The van der Waals surface area contributed by atoms with Crippen molar-refractivity contribution in [1.82, 2.24) is 5.32 Å². The highest BCUT2D eigenvalue weighted by molar-refractivity contribution is 5.98. The average molecular weight is 327 g/mol. The Morgan fingerprint density at radius 2 is 1.96 bits per heavy atom. The van der Waals surface area contributed by atoms with Crippen molar-refractivity contribution in [3.8, 4) is 5.75 Å². The maximum absolute atomic E-state index is 12.8. The molecular formula is C21H29NO2. The van der Waals surface area contributed by atoms with Gasteiger partial charge in [-0.1, -0.05) is 25.3 Å². The van der Waals surface area contributed by atoms with Crippen LogP contribution in [0.25, 0.3) is 5.70 Å². The van der Waals surface area contributed by atoms with Crippen molar-refractivity contribution in [3.05, 3.63) is 34.9 Å². The molecule has 3 heteroatoms. The maximum Gasteiger partial charge on any atom is 0.160 e. The number of fused-ring (bicyclic) bond motifs is 1. The lowest BCUT2D eigenvalue weighted by atomic mass is 9.82. The Balaban J connectivity index is 1.98. The zero-order valence-corrected chi connectivity index (χ0v) is 15.4. The van der Waals surface area contributed by atoms with Crippen LogP contribution in [0, 0.1) is 12.8 Å². The summed E-state index contributed by atoms with van der Waals surface area (Å²) < 4.78 is 5.49. The molecule has 1 fully saturated rings. The number of rotatable bonds is 3. The second kappa shape index (κ2) is 6.62. The number of methoxy groups -OCH3 is 1. The summed E-state index contributed by atoms with van der Waals surface area (Å²) in [4.78, 5) is 12.8. The van der Waals surface area contributed by atoms with Gasteiger partial charge in [-0.15, -0.1) is 0 Å². The fourth-order valence-electron chi connectivity index (χ4n) is 4.08. The van der Waals surface area contributed by atoms with Gasteiger partial charge < -0.3 is 10.1 Å². The van der Waals surface area contributed by atoms with Gasteiger partial charge in [-0.2, -0.15) is 0 Å². The van der Waals surface area contributed by atoms with E-state index < -0.39 is 0 Å². The van der Waals surface area contributed by atoms with Crippen LogP contribution in [0.2, 0.25) is 0 Å². The van der Waals surface area contributed by atoms with Gasteiger partial charge in [0.25, 0.3) is 0 Å². The minimum Gasteiger partial charge on any atom is -0.496 e. The van der Waals surface area contributed by atoms with Crippen LogP contribution in [0.3, 0.4) is 0 Å². The number of allylic oxidation sites excluding steroid dienone is 1. The second-order valence-corrected chi connectivity index (χ2v) is 7.96. The number of carbonyl (C=O) groups is 1. The van der Waals surface area contributed by atoms with Gasteiger partial charge in [-0.05, 0) is 57.2 Å². The fraction of sp³-hybridized carbons (Fsp3) is 0.571. The molecule has 0 amide bonds. The highest BCUT2D eigenvalue weighted by Crippen LogP contribution is 2.35. The molecule has 0 spiro atoms. The Hall–Kier alpha value is -1.77. The van der Waals surface area contributed by atoms with Crippen LogP contribution in [-0.2, 0) is 11.2 Å². The number of hydrogen-bond donors (Lipinski definition) is 1. The number of aryl methyl sites for hydroxylation is 1. The van der Waals surface area contributed by atoms with Crippen LogP contribution >= 0.6 is 0 Å². The molecule has 1 aromatic rings. The zero-order chi connectivity index (χ0) is 17.3. The van der Waals surface area contributed by atoms with Crippen LogP contribution < -0.4 is 10.1 Å². The summed E-state index contributed by atoms with van der Waals surface area (Å²) in [5.74, 6) is 1.36. The van der Waals surface area contributed by atoms with Crippen LogP contribution in [0.1, 0.15) is 62.6 Å². The molecule has 1 aliphatic carbocycles. The summed E-state index contributed by atoms with van der Waals surface area (Å²) in [6, 6.07) is 4.28. The summed E-state index contributed by atoms with van der Waals surface area (Å²) in [5.41, 5.74) is 4.45. The third-order valence-corrected chi connectivity index (χ3v) is 5.31. The Bertz CT molecular complexity index is 667. The van der Waals surface area contributed by atoms with Crippen LogP contribution in [0.15, 0.2) is 18.2 Å². The molecule has 24 heavy (non-hydrogen) atoms. The SMILES string of the molecule is COc1cc2c(cc1C)CC(C)(C)NC2=CC(=O)C1CCCCC1. The maximum atomic E-state index is 12.8. The predicted octanol–water partition coefficient (Wildman–Crippen LogP) is 4.42. The van der Waals surface area contributed by atoms with E-state index in [1.165, 1.54) is 24.8 Å². The molecule has 1 N–H and O–H groups in total. The van der Waals surface area contributed by atoms with Crippen molar-refractivity contribution in [1.29, 1.82) is 0 Å². The molecule has 1 aliphatic heterocycles. The lowest BCUT2D eigenvalue weighted by Crippen LogP contribution is -2.44. The number of benzene rings is 1. The highest BCUT2D eigenvalue weighted by Gasteiger charge is 2.30. The number of ether oxygens (including phenoxy) is 1. The summed E-state index contributed by atoms with van der Waals surface area (Å²) in [6.07, 6.45) is 8.51. The van der Waals surface area contributed by atoms with E-state index in [-0.39, 0.29) is 17.2 Å². The predicted molar refractivity (Wildman–Crippen MR) is 98.2 cm³/mol. The Morgan fingerprint density at radius 1 is 1.25 bits per heavy atom. The first kappa shape index (κ1) is 17.1. The van der Waals surface area contributed by atoms with E-state index in [2.05, 4.69) is 38.2 Å². The molecule has 0 radical (unpaired) electrons. The van der Waals surface area contributed by atoms with Gasteiger partial charge in [0.05, 0.1) is 7.11 Å². The van der Waals surface area contributed by atoms with Gasteiger partial charge in [0.2, 0.25) is 0 Å². The van der Waals surface area contributed by atoms with Crippen molar-refractivity contribution in [2.24, 2.45) is 5.92 Å². The smallest absolute Gasteiger partial charge is 0.160 e. The van der Waals surface area contributed by atoms with E-state index in [9.17, 15) is 4.79 Å². The molecule has 1 aromatic carbocycles. The van der Waals surface area contributed by atoms with E-state index in [0.717, 1.165) is 41.8 Å². The van der Waals surface area contributed by atoms with Gasteiger partial charge in [-0.25, -0.2) is 0 Å². The van der Waals surface area contributed by atoms with Crippen LogP contribution in [-0.4, -0.2) is 18.4 Å². The third-order valence-electron chi connectivity index (χ3n) is 5.31. The minimum absolute atomic E-state index is 0.0489. The molecule has 3 rings (SSSR count). The lowest BCUT2D eigenvalue weighted by Gasteiger charge is -2.36. The first-order valence-corrected chi connectivity index (χ1v) is 9.11. The molecule has 1 saturated carbocycles. The summed E-state index contributed by atoms with van der Waals surface area (Å²) in [7, 11) is 1.70. The summed E-state index contributed by atoms with van der Waals surface area (Å²) >= 11 is 0. The normalized spacial score (nSPS) is 21.9. The molecule has 0 atom stereocenters. The van der Waals surface area contributed by atoms with Gasteiger partial charge in [0.1, 0.15) is 5.75 Å². The van der Waals surface area contributed by atoms with Gasteiger partial charge in [-0.3, -0.25) is 4.79 Å². The summed E-state index contributed by atoms with van der Waals surface area (Å²) in [6.45, 7) is 6.45. The molecular weight excluding hydrogens is 298 g/mol. The molecule has 2 aliphatic rings. The van der Waals surface area contributed by atoms with Crippen molar-refractivity contribution in [2.45, 2.75) is 64.8 Å². The molecule has 0 bridgehead atoms. The van der Waals surface area contributed by atoms with E-state index in [1.807, 2.05) is 6.08 Å². The number of hydrogen-bond acceptors (Lipinski definition) is 3. The van der Waals surface area contributed by atoms with Gasteiger partial charge >= 0.3 is 0 Å². The molecule has 130 valence electrons. The molecule has 0 saturated heterocycles. The van der Waals surface area contributed by atoms with Gasteiger partial charge in [0, 0.05) is 28.8 Å². The molecule has 3 nitrogen and oxygen atoms in total. The van der Waals surface area contributed by atoms with E-state index >= 15 is 0 Å². The fourth-order valence-corrected chi connectivity index (χ4v) is 4.08. The number of carbonyl (C=O) groups excluding carboxylic acids is 1. The standard InChI is InChI=1S/C21H29NO2/c1-14-10-16-13-21(2,3)22-18(17(16)11-20(14)24-4)12-19(23)15-8-6-5-7-9-15/h10-12,15,22H,5-9,13H2,1-4H3. The van der Waals surface area contributed by atoms with Crippen molar-refractivity contribution in [3.63, 3.8) is 0 Å². The number of ketones is 1. The topological polar surface area (TPSA) is 38.3 Å². The van der Waals surface area contributed by atoms with E-state index in [4.69, 9.17) is 4.74 Å². The minimum atomic E-state index is -0.0489. The first-order valence-electron chi connectivity index (χ1n) is 9.11. The third kappa shape index (κ3) is 3.50. The van der Waals surface area contributed by atoms with Gasteiger partial charge in [0.15, 0.2) is 5.78 Å². The van der Waals surface area contributed by atoms with Crippen molar-refractivity contribution < 1.29 is 9.53 Å². The largest absolute Gasteiger partial charge is 0.496 e. The Labute approximate surface area is 145 Å².